The summed E-state index contributed by atoms with van der Waals surface area (Å²) >= 11 is 0. The maximum Gasteiger partial charge on any atom is 0.314 e. The summed E-state index contributed by atoms with van der Waals surface area (Å²) in [6, 6.07) is 1.90. The van der Waals surface area contributed by atoms with Gasteiger partial charge in [0.25, 0.3) is 0 Å². The van der Waals surface area contributed by atoms with Crippen LogP contribution < -0.4 is 0 Å². The molecule has 0 aromatic carbocycles. The predicted molar refractivity (Wildman–Crippen MR) is 61.4 cm³/mol. The summed E-state index contributed by atoms with van der Waals surface area (Å²) in [4.78, 5) is 15.7. The largest absolute Gasteiger partial charge is 0.481 e. The molecule has 1 aliphatic carbocycles. The Bertz CT molecular complexity index is 395. The second kappa shape index (κ2) is 4.24. The van der Waals surface area contributed by atoms with Crippen molar-refractivity contribution in [2.45, 2.75) is 44.4 Å². The van der Waals surface area contributed by atoms with E-state index >= 15 is 0 Å². The molecule has 86 valence electrons. The van der Waals surface area contributed by atoms with Crippen LogP contribution in [0, 0.1) is 6.92 Å². The van der Waals surface area contributed by atoms with Gasteiger partial charge in [-0.25, -0.2) is 0 Å². The van der Waals surface area contributed by atoms with Gasteiger partial charge in [0, 0.05) is 12.4 Å². The maximum absolute atomic E-state index is 11.6. The summed E-state index contributed by atoms with van der Waals surface area (Å²) in [6.45, 7) is 1.97. The zero-order chi connectivity index (χ0) is 11.6. The van der Waals surface area contributed by atoms with Crippen molar-refractivity contribution in [3.8, 4) is 0 Å². The van der Waals surface area contributed by atoms with Crippen LogP contribution >= 0.6 is 0 Å². The number of nitrogens with zero attached hydrogens (tertiary/aromatic N) is 1. The van der Waals surface area contributed by atoms with Crippen LogP contribution in [0.5, 0.6) is 0 Å². The SMILES string of the molecule is Cc1ccncc1C1(C(=O)O)CCCCC1. The number of aromatic nitrogens is 1. The summed E-state index contributed by atoms with van der Waals surface area (Å²) in [5, 5.41) is 9.54. The van der Waals surface area contributed by atoms with Gasteiger partial charge in [0.15, 0.2) is 0 Å². The Morgan fingerprint density at radius 3 is 2.62 bits per heavy atom. The molecule has 16 heavy (non-hydrogen) atoms. The Kier molecular flexibility index (Phi) is 2.95. The van der Waals surface area contributed by atoms with Crippen LogP contribution in [0.25, 0.3) is 0 Å². The lowest BCUT2D eigenvalue weighted by Gasteiger charge is -2.34. The van der Waals surface area contributed by atoms with E-state index in [4.69, 9.17) is 0 Å². The zero-order valence-electron chi connectivity index (χ0n) is 9.57. The van der Waals surface area contributed by atoms with Crippen LogP contribution in [0.4, 0.5) is 0 Å². The highest BCUT2D eigenvalue weighted by Crippen LogP contribution is 2.40. The smallest absolute Gasteiger partial charge is 0.314 e. The summed E-state index contributed by atoms with van der Waals surface area (Å²) in [7, 11) is 0. The molecule has 1 heterocycles. The molecule has 0 radical (unpaired) electrons. The number of hydrogen-bond donors (Lipinski definition) is 1. The standard InChI is InChI=1S/C13H17NO2/c1-10-5-8-14-9-11(10)13(12(15)16)6-3-2-4-7-13/h5,8-9H,2-4,6-7H2,1H3,(H,15,16). The van der Waals surface area contributed by atoms with Gasteiger partial charge in [0.1, 0.15) is 0 Å². The first kappa shape index (κ1) is 11.1. The number of hydrogen-bond acceptors (Lipinski definition) is 2. The van der Waals surface area contributed by atoms with Crippen molar-refractivity contribution in [3.05, 3.63) is 29.6 Å². The molecule has 1 aromatic heterocycles. The maximum atomic E-state index is 11.6. The minimum Gasteiger partial charge on any atom is -0.481 e. The van der Waals surface area contributed by atoms with Crippen LogP contribution in [-0.4, -0.2) is 16.1 Å². The van der Waals surface area contributed by atoms with Crippen molar-refractivity contribution in [1.82, 2.24) is 4.98 Å². The number of pyridine rings is 1. The molecule has 1 aromatic rings. The Balaban J connectivity index is 2.47. The van der Waals surface area contributed by atoms with E-state index in [2.05, 4.69) is 4.98 Å². The number of rotatable bonds is 2. The van der Waals surface area contributed by atoms with Gasteiger partial charge in [-0.2, -0.15) is 0 Å². The van der Waals surface area contributed by atoms with Gasteiger partial charge >= 0.3 is 5.97 Å². The monoisotopic (exact) mass is 219 g/mol. The first-order chi connectivity index (χ1) is 7.67. The lowest BCUT2D eigenvalue weighted by molar-refractivity contribution is -0.145. The molecular formula is C13H17NO2. The van der Waals surface area contributed by atoms with Gasteiger partial charge in [-0.05, 0) is 37.0 Å². The zero-order valence-corrected chi connectivity index (χ0v) is 9.57. The van der Waals surface area contributed by atoms with Crippen molar-refractivity contribution in [2.24, 2.45) is 0 Å². The number of carboxylic acid groups (broad SMARTS) is 1. The minimum atomic E-state index is -0.691. The summed E-state index contributed by atoms with van der Waals surface area (Å²) in [5.41, 5.74) is 1.26. The second-order valence-electron chi connectivity index (χ2n) is 4.64. The quantitative estimate of drug-likeness (QED) is 0.832. The molecule has 0 aliphatic heterocycles. The van der Waals surface area contributed by atoms with Crippen molar-refractivity contribution in [1.29, 1.82) is 0 Å². The lowest BCUT2D eigenvalue weighted by Crippen LogP contribution is -2.38. The van der Waals surface area contributed by atoms with Gasteiger partial charge in [0.2, 0.25) is 0 Å². The first-order valence-corrected chi connectivity index (χ1v) is 5.81. The third-order valence-corrected chi connectivity index (χ3v) is 3.67. The number of carbonyl (C=O) groups is 1. The molecule has 0 spiro atoms. The van der Waals surface area contributed by atoms with Gasteiger partial charge in [0.05, 0.1) is 5.41 Å². The van der Waals surface area contributed by atoms with E-state index in [-0.39, 0.29) is 0 Å². The van der Waals surface area contributed by atoms with Crippen LogP contribution in [0.2, 0.25) is 0 Å². The van der Waals surface area contributed by atoms with Crippen LogP contribution in [0.15, 0.2) is 18.5 Å². The van der Waals surface area contributed by atoms with Crippen molar-refractivity contribution in [2.75, 3.05) is 0 Å². The molecule has 1 saturated carbocycles. The third kappa shape index (κ3) is 1.70. The van der Waals surface area contributed by atoms with Gasteiger partial charge in [-0.3, -0.25) is 9.78 Å². The fourth-order valence-corrected chi connectivity index (χ4v) is 2.72. The molecule has 0 bridgehead atoms. The van der Waals surface area contributed by atoms with Crippen molar-refractivity contribution >= 4 is 5.97 Å². The van der Waals surface area contributed by atoms with Crippen molar-refractivity contribution in [3.63, 3.8) is 0 Å². The number of aliphatic carboxylic acids is 1. The number of carboxylic acids is 1. The Labute approximate surface area is 95.5 Å². The highest BCUT2D eigenvalue weighted by molar-refractivity contribution is 5.81. The molecule has 1 fully saturated rings. The molecule has 0 saturated heterocycles. The molecule has 3 heteroatoms. The van der Waals surface area contributed by atoms with Gasteiger partial charge in [-0.15, -0.1) is 0 Å². The average molecular weight is 219 g/mol. The topological polar surface area (TPSA) is 50.2 Å². The van der Waals surface area contributed by atoms with Crippen LogP contribution in [0.3, 0.4) is 0 Å². The molecule has 0 amide bonds. The fraction of sp³-hybridized carbons (Fsp3) is 0.538. The van der Waals surface area contributed by atoms with E-state index in [0.717, 1.165) is 43.2 Å². The molecule has 3 nitrogen and oxygen atoms in total. The van der Waals surface area contributed by atoms with E-state index in [1.165, 1.54) is 0 Å². The minimum absolute atomic E-state index is 0.684. The molecule has 1 aliphatic rings. The first-order valence-electron chi connectivity index (χ1n) is 5.81. The summed E-state index contributed by atoms with van der Waals surface area (Å²) < 4.78 is 0. The van der Waals surface area contributed by atoms with Crippen LogP contribution in [-0.2, 0) is 10.2 Å². The highest BCUT2D eigenvalue weighted by Gasteiger charge is 2.42. The van der Waals surface area contributed by atoms with E-state index < -0.39 is 11.4 Å². The van der Waals surface area contributed by atoms with E-state index in [1.54, 1.807) is 12.4 Å². The molecule has 2 rings (SSSR count). The fourth-order valence-electron chi connectivity index (χ4n) is 2.72. The second-order valence-corrected chi connectivity index (χ2v) is 4.64. The highest BCUT2D eigenvalue weighted by atomic mass is 16.4. The number of aryl methyl sites for hydroxylation is 1. The van der Waals surface area contributed by atoms with E-state index in [0.29, 0.717) is 0 Å². The summed E-state index contributed by atoms with van der Waals surface area (Å²) in [6.07, 6.45) is 8.09. The summed E-state index contributed by atoms with van der Waals surface area (Å²) in [5.74, 6) is -0.691. The lowest BCUT2D eigenvalue weighted by atomic mass is 9.69. The predicted octanol–water partition coefficient (Wildman–Crippen LogP) is 2.68. The Morgan fingerprint density at radius 1 is 1.38 bits per heavy atom. The molecular weight excluding hydrogens is 202 g/mol. The third-order valence-electron chi connectivity index (χ3n) is 3.67. The van der Waals surface area contributed by atoms with Crippen LogP contribution in [0.1, 0.15) is 43.2 Å². The molecule has 0 atom stereocenters. The van der Waals surface area contributed by atoms with Gasteiger partial charge < -0.3 is 5.11 Å². The molecule has 0 unspecified atom stereocenters. The van der Waals surface area contributed by atoms with Crippen molar-refractivity contribution < 1.29 is 9.90 Å². The van der Waals surface area contributed by atoms with E-state index in [1.807, 2.05) is 13.0 Å². The molecule has 1 N–H and O–H groups in total. The normalized spacial score (nSPS) is 19.3. The average Bonchev–Trinajstić information content (AvgIpc) is 2.30. The Morgan fingerprint density at radius 2 is 2.06 bits per heavy atom. The van der Waals surface area contributed by atoms with E-state index in [9.17, 15) is 9.90 Å². The Hall–Kier alpha value is -1.38. The van der Waals surface area contributed by atoms with Gasteiger partial charge in [-0.1, -0.05) is 19.3 Å².